The zero-order chi connectivity index (χ0) is 14.3. The second-order valence-electron chi connectivity index (χ2n) is 6.96. The van der Waals surface area contributed by atoms with Gasteiger partial charge in [-0.1, -0.05) is 26.2 Å². The van der Waals surface area contributed by atoms with Crippen LogP contribution in [0.1, 0.15) is 65.2 Å². The van der Waals surface area contributed by atoms with Gasteiger partial charge >= 0.3 is 0 Å². The monoisotopic (exact) mass is 278 g/mol. The van der Waals surface area contributed by atoms with Crippen molar-refractivity contribution in [1.29, 1.82) is 0 Å². The summed E-state index contributed by atoms with van der Waals surface area (Å²) in [4.78, 5) is 27.5. The van der Waals surface area contributed by atoms with Crippen LogP contribution in [0.2, 0.25) is 0 Å². The average molecular weight is 278 g/mol. The first-order valence-electron chi connectivity index (χ1n) is 8.21. The SMILES string of the molecule is CCC1(C)NC(=O)C(C2CC2)N(C2CCCCC2)C1=O. The summed E-state index contributed by atoms with van der Waals surface area (Å²) in [7, 11) is 0. The maximum absolute atomic E-state index is 13.0. The Morgan fingerprint density at radius 2 is 1.80 bits per heavy atom. The van der Waals surface area contributed by atoms with E-state index in [0.29, 0.717) is 18.4 Å². The molecular formula is C16H26N2O2. The molecule has 112 valence electrons. The summed E-state index contributed by atoms with van der Waals surface area (Å²) in [5.74, 6) is 0.646. The third-order valence-electron chi connectivity index (χ3n) is 5.42. The van der Waals surface area contributed by atoms with Crippen LogP contribution in [0, 0.1) is 5.92 Å². The van der Waals surface area contributed by atoms with E-state index in [1.165, 1.54) is 19.3 Å². The van der Waals surface area contributed by atoms with E-state index in [1.807, 2.05) is 18.7 Å². The third kappa shape index (κ3) is 2.23. The fourth-order valence-corrected chi connectivity index (χ4v) is 3.78. The van der Waals surface area contributed by atoms with Gasteiger partial charge in [0, 0.05) is 6.04 Å². The number of amides is 2. The molecule has 0 radical (unpaired) electrons. The van der Waals surface area contributed by atoms with E-state index in [2.05, 4.69) is 5.32 Å². The lowest BCUT2D eigenvalue weighted by atomic mass is 9.85. The molecule has 0 aromatic rings. The quantitative estimate of drug-likeness (QED) is 0.860. The van der Waals surface area contributed by atoms with E-state index >= 15 is 0 Å². The summed E-state index contributed by atoms with van der Waals surface area (Å²) in [5, 5.41) is 3.00. The van der Waals surface area contributed by atoms with E-state index in [9.17, 15) is 9.59 Å². The van der Waals surface area contributed by atoms with Crippen molar-refractivity contribution in [3.05, 3.63) is 0 Å². The van der Waals surface area contributed by atoms with Gasteiger partial charge in [0.15, 0.2) is 0 Å². The van der Waals surface area contributed by atoms with Gasteiger partial charge in [-0.3, -0.25) is 9.59 Å². The standard InChI is InChI=1S/C16H26N2O2/c1-3-16(2)15(20)18(12-7-5-4-6-8-12)13(11-9-10-11)14(19)17-16/h11-13H,3-10H2,1-2H3,(H,17,19). The van der Waals surface area contributed by atoms with Gasteiger partial charge in [0.2, 0.25) is 11.8 Å². The number of hydrogen-bond donors (Lipinski definition) is 1. The predicted octanol–water partition coefficient (Wildman–Crippen LogP) is 2.22. The molecule has 0 spiro atoms. The number of piperazine rings is 1. The zero-order valence-corrected chi connectivity index (χ0v) is 12.7. The van der Waals surface area contributed by atoms with Crippen LogP contribution in [0.3, 0.4) is 0 Å². The number of hydrogen-bond acceptors (Lipinski definition) is 2. The molecule has 1 saturated heterocycles. The first kappa shape index (κ1) is 13.9. The molecule has 2 unspecified atom stereocenters. The van der Waals surface area contributed by atoms with Crippen molar-refractivity contribution in [2.45, 2.75) is 82.8 Å². The van der Waals surface area contributed by atoms with Crippen LogP contribution < -0.4 is 5.32 Å². The first-order valence-corrected chi connectivity index (χ1v) is 8.21. The Morgan fingerprint density at radius 1 is 1.15 bits per heavy atom. The molecule has 2 aliphatic carbocycles. The number of nitrogens with one attached hydrogen (secondary N) is 1. The highest BCUT2D eigenvalue weighted by Crippen LogP contribution is 2.41. The van der Waals surface area contributed by atoms with Crippen molar-refractivity contribution in [1.82, 2.24) is 10.2 Å². The van der Waals surface area contributed by atoms with Gasteiger partial charge in [0.05, 0.1) is 0 Å². The third-order valence-corrected chi connectivity index (χ3v) is 5.42. The minimum absolute atomic E-state index is 0.0852. The summed E-state index contributed by atoms with van der Waals surface area (Å²) in [6, 6.07) is 0.101. The molecule has 0 aromatic carbocycles. The lowest BCUT2D eigenvalue weighted by molar-refractivity contribution is -0.159. The van der Waals surface area contributed by atoms with Gasteiger partial charge in [-0.2, -0.15) is 0 Å². The van der Waals surface area contributed by atoms with Crippen LogP contribution in [0.5, 0.6) is 0 Å². The number of carbonyl (C=O) groups is 2. The Bertz CT molecular complexity index is 413. The lowest BCUT2D eigenvalue weighted by Crippen LogP contribution is -2.71. The van der Waals surface area contributed by atoms with E-state index < -0.39 is 5.54 Å². The highest BCUT2D eigenvalue weighted by atomic mass is 16.2. The van der Waals surface area contributed by atoms with E-state index in [1.54, 1.807) is 0 Å². The summed E-state index contributed by atoms with van der Waals surface area (Å²) < 4.78 is 0. The number of rotatable bonds is 3. The first-order chi connectivity index (χ1) is 9.57. The molecule has 2 amide bonds. The Morgan fingerprint density at radius 3 is 2.35 bits per heavy atom. The van der Waals surface area contributed by atoms with Crippen LogP contribution >= 0.6 is 0 Å². The predicted molar refractivity (Wildman–Crippen MR) is 77.1 cm³/mol. The van der Waals surface area contributed by atoms with Crippen molar-refractivity contribution < 1.29 is 9.59 Å². The van der Waals surface area contributed by atoms with E-state index in [-0.39, 0.29) is 17.9 Å². The Balaban J connectivity index is 1.90. The smallest absolute Gasteiger partial charge is 0.248 e. The normalized spacial score (nSPS) is 36.1. The van der Waals surface area contributed by atoms with Crippen LogP contribution in [0.4, 0.5) is 0 Å². The van der Waals surface area contributed by atoms with Gasteiger partial charge in [-0.05, 0) is 44.9 Å². The van der Waals surface area contributed by atoms with Crippen molar-refractivity contribution in [2.75, 3.05) is 0 Å². The van der Waals surface area contributed by atoms with Crippen LogP contribution in [0.25, 0.3) is 0 Å². The number of carbonyl (C=O) groups excluding carboxylic acids is 2. The van der Waals surface area contributed by atoms with E-state index in [4.69, 9.17) is 0 Å². The van der Waals surface area contributed by atoms with Gasteiger partial charge in [-0.25, -0.2) is 0 Å². The van der Waals surface area contributed by atoms with Crippen molar-refractivity contribution >= 4 is 11.8 Å². The molecule has 4 nitrogen and oxygen atoms in total. The molecule has 1 aliphatic heterocycles. The molecule has 2 atom stereocenters. The Labute approximate surface area is 121 Å². The minimum atomic E-state index is -0.695. The topological polar surface area (TPSA) is 49.4 Å². The molecule has 2 saturated carbocycles. The summed E-state index contributed by atoms with van der Waals surface area (Å²) in [5.41, 5.74) is -0.695. The molecule has 3 aliphatic rings. The van der Waals surface area contributed by atoms with Crippen molar-refractivity contribution in [3.8, 4) is 0 Å². The fourth-order valence-electron chi connectivity index (χ4n) is 3.78. The number of nitrogens with zero attached hydrogens (tertiary/aromatic N) is 1. The summed E-state index contributed by atoms with van der Waals surface area (Å²) in [6.45, 7) is 3.86. The molecule has 0 aromatic heterocycles. The van der Waals surface area contributed by atoms with E-state index in [0.717, 1.165) is 25.7 Å². The maximum atomic E-state index is 13.0. The molecule has 0 bridgehead atoms. The zero-order valence-electron chi connectivity index (χ0n) is 12.7. The van der Waals surface area contributed by atoms with Crippen LogP contribution in [-0.2, 0) is 9.59 Å². The molecule has 3 fully saturated rings. The lowest BCUT2D eigenvalue weighted by Gasteiger charge is -2.48. The van der Waals surface area contributed by atoms with Crippen LogP contribution in [-0.4, -0.2) is 34.3 Å². The second kappa shape index (κ2) is 5.05. The summed E-state index contributed by atoms with van der Waals surface area (Å²) >= 11 is 0. The minimum Gasteiger partial charge on any atom is -0.340 e. The van der Waals surface area contributed by atoms with Gasteiger partial charge in [-0.15, -0.1) is 0 Å². The second-order valence-corrected chi connectivity index (χ2v) is 6.96. The van der Waals surface area contributed by atoms with Crippen LogP contribution in [0.15, 0.2) is 0 Å². The molecular weight excluding hydrogens is 252 g/mol. The molecule has 3 rings (SSSR count). The Kier molecular flexibility index (Phi) is 3.51. The fraction of sp³-hybridized carbons (Fsp3) is 0.875. The largest absolute Gasteiger partial charge is 0.340 e. The molecule has 1 N–H and O–H groups in total. The maximum Gasteiger partial charge on any atom is 0.248 e. The van der Waals surface area contributed by atoms with Crippen molar-refractivity contribution in [3.63, 3.8) is 0 Å². The highest BCUT2D eigenvalue weighted by Gasteiger charge is 2.53. The molecule has 1 heterocycles. The van der Waals surface area contributed by atoms with Gasteiger partial charge in [0.1, 0.15) is 11.6 Å². The highest BCUT2D eigenvalue weighted by molar-refractivity contribution is 6.00. The Hall–Kier alpha value is -1.06. The molecule has 20 heavy (non-hydrogen) atoms. The summed E-state index contributed by atoms with van der Waals surface area (Å²) in [6.07, 6.45) is 8.65. The molecule has 4 heteroatoms. The van der Waals surface area contributed by atoms with Gasteiger partial charge < -0.3 is 10.2 Å². The average Bonchev–Trinajstić information content (AvgIpc) is 3.28. The van der Waals surface area contributed by atoms with Crippen molar-refractivity contribution in [2.24, 2.45) is 5.92 Å². The van der Waals surface area contributed by atoms with Gasteiger partial charge in [0.25, 0.3) is 0 Å².